The number of hydrogen-bond donors (Lipinski definition) is 2. The van der Waals surface area contributed by atoms with Crippen LogP contribution in [-0.4, -0.2) is 31.5 Å². The lowest BCUT2D eigenvalue weighted by Gasteiger charge is -2.25. The second kappa shape index (κ2) is 7.72. The fourth-order valence-electron chi connectivity index (χ4n) is 3.68. The molecule has 154 valence electrons. The molecule has 4 rings (SSSR count). The van der Waals surface area contributed by atoms with Gasteiger partial charge in [-0.1, -0.05) is 6.07 Å². The Bertz CT molecular complexity index is 1120. The first-order valence-electron chi connectivity index (χ1n) is 9.28. The van der Waals surface area contributed by atoms with Crippen LogP contribution in [0, 0.1) is 5.82 Å². The van der Waals surface area contributed by atoms with Gasteiger partial charge in [0.1, 0.15) is 5.82 Å². The summed E-state index contributed by atoms with van der Waals surface area (Å²) in [5.41, 5.74) is 0.282. The second-order valence-electron chi connectivity index (χ2n) is 7.01. The van der Waals surface area contributed by atoms with Crippen LogP contribution >= 0.6 is 0 Å². The Balaban J connectivity index is 1.85. The van der Waals surface area contributed by atoms with Crippen molar-refractivity contribution >= 4 is 26.6 Å². The van der Waals surface area contributed by atoms with Gasteiger partial charge in [-0.25, -0.2) is 25.6 Å². The molecule has 1 fully saturated rings. The highest BCUT2D eigenvalue weighted by atomic mass is 32.2. The van der Waals surface area contributed by atoms with Crippen molar-refractivity contribution in [2.24, 2.45) is 0 Å². The van der Waals surface area contributed by atoms with Gasteiger partial charge in [0.2, 0.25) is 0 Å². The van der Waals surface area contributed by atoms with Gasteiger partial charge in [0.15, 0.2) is 0 Å². The van der Waals surface area contributed by atoms with Gasteiger partial charge >= 0.3 is 0 Å². The number of halogens is 3. The second-order valence-corrected chi connectivity index (χ2v) is 8.82. The minimum atomic E-state index is -4.17. The van der Waals surface area contributed by atoms with Crippen LogP contribution in [0.15, 0.2) is 53.6 Å². The van der Waals surface area contributed by atoms with Gasteiger partial charge in [-0.3, -0.25) is 0 Å². The molecule has 3 aromatic rings. The molecular formula is C20H20F3N3O2S. The molecule has 0 spiro atoms. The molecule has 1 saturated heterocycles. The largest absolute Gasteiger partial charge is 0.382 e. The average molecular weight is 423 g/mol. The summed E-state index contributed by atoms with van der Waals surface area (Å²) in [7, 11) is -4.17. The van der Waals surface area contributed by atoms with E-state index in [-0.39, 0.29) is 27.4 Å². The number of nitrogens with zero attached hydrogens (tertiary/aromatic N) is 1. The van der Waals surface area contributed by atoms with Gasteiger partial charge in [0.05, 0.1) is 10.4 Å². The predicted molar refractivity (Wildman–Crippen MR) is 105 cm³/mol. The maximum absolute atomic E-state index is 13.8. The topological polar surface area (TPSA) is 63.1 Å². The zero-order valence-electron chi connectivity index (χ0n) is 15.4. The van der Waals surface area contributed by atoms with Crippen molar-refractivity contribution in [2.75, 3.05) is 18.4 Å². The minimum Gasteiger partial charge on any atom is -0.382 e. The fourth-order valence-corrected chi connectivity index (χ4v) is 5.05. The van der Waals surface area contributed by atoms with E-state index in [9.17, 15) is 21.6 Å². The Labute approximate surface area is 166 Å². The van der Waals surface area contributed by atoms with Crippen molar-refractivity contribution < 1.29 is 21.6 Å². The van der Waals surface area contributed by atoms with E-state index in [2.05, 4.69) is 10.6 Å². The van der Waals surface area contributed by atoms with Gasteiger partial charge in [0.25, 0.3) is 16.4 Å². The summed E-state index contributed by atoms with van der Waals surface area (Å²) in [6.07, 6.45) is -0.204. The molecule has 29 heavy (non-hydrogen) atoms. The Hall–Kier alpha value is -2.52. The third kappa shape index (κ3) is 3.72. The van der Waals surface area contributed by atoms with E-state index in [1.54, 1.807) is 12.1 Å². The number of piperidine rings is 1. The van der Waals surface area contributed by atoms with Crippen LogP contribution < -0.4 is 10.6 Å². The van der Waals surface area contributed by atoms with Gasteiger partial charge < -0.3 is 10.6 Å². The molecule has 2 aromatic carbocycles. The Kier molecular flexibility index (Phi) is 5.26. The first kappa shape index (κ1) is 19.8. The molecule has 0 radical (unpaired) electrons. The van der Waals surface area contributed by atoms with Crippen LogP contribution in [-0.2, 0) is 10.0 Å². The van der Waals surface area contributed by atoms with E-state index in [0.29, 0.717) is 5.69 Å². The highest BCUT2D eigenvalue weighted by Crippen LogP contribution is 2.37. The van der Waals surface area contributed by atoms with Crippen molar-refractivity contribution in [3.63, 3.8) is 0 Å². The monoisotopic (exact) mass is 423 g/mol. The predicted octanol–water partition coefficient (Wildman–Crippen LogP) is 4.12. The van der Waals surface area contributed by atoms with Crippen molar-refractivity contribution in [1.82, 2.24) is 9.29 Å². The van der Waals surface area contributed by atoms with E-state index in [1.165, 1.54) is 6.07 Å². The first-order valence-corrected chi connectivity index (χ1v) is 10.7. The van der Waals surface area contributed by atoms with E-state index < -0.39 is 22.3 Å². The van der Waals surface area contributed by atoms with Crippen LogP contribution in [0.5, 0.6) is 0 Å². The van der Waals surface area contributed by atoms with Crippen LogP contribution in [0.3, 0.4) is 0 Å². The van der Waals surface area contributed by atoms with Crippen LogP contribution in [0.2, 0.25) is 0 Å². The van der Waals surface area contributed by atoms with E-state index in [0.717, 1.165) is 60.4 Å². The lowest BCUT2D eigenvalue weighted by molar-refractivity contribution is 0.153. The quantitative estimate of drug-likeness (QED) is 0.648. The van der Waals surface area contributed by atoms with Crippen LogP contribution in [0.25, 0.3) is 10.9 Å². The average Bonchev–Trinajstić information content (AvgIpc) is 3.11. The van der Waals surface area contributed by atoms with Gasteiger partial charge in [-0.15, -0.1) is 0 Å². The molecule has 0 amide bonds. The number of alkyl halides is 2. The molecule has 0 unspecified atom stereocenters. The smallest absolute Gasteiger partial charge is 0.268 e. The third-order valence-electron chi connectivity index (χ3n) is 5.13. The molecule has 0 atom stereocenters. The molecule has 5 nitrogen and oxygen atoms in total. The van der Waals surface area contributed by atoms with Crippen molar-refractivity contribution in [3.8, 4) is 0 Å². The fraction of sp³-hybridized carbons (Fsp3) is 0.300. The van der Waals surface area contributed by atoms with Crippen LogP contribution in [0.1, 0.15) is 24.8 Å². The lowest BCUT2D eigenvalue weighted by Crippen LogP contribution is -2.35. The number of benzene rings is 2. The first-order chi connectivity index (χ1) is 13.9. The molecule has 1 aliphatic heterocycles. The third-order valence-corrected chi connectivity index (χ3v) is 6.82. The van der Waals surface area contributed by atoms with Crippen molar-refractivity contribution in [2.45, 2.75) is 30.2 Å². The zero-order valence-corrected chi connectivity index (χ0v) is 16.2. The van der Waals surface area contributed by atoms with Gasteiger partial charge in [-0.2, -0.15) is 0 Å². The highest BCUT2D eigenvalue weighted by molar-refractivity contribution is 7.90. The molecule has 0 bridgehead atoms. The lowest BCUT2D eigenvalue weighted by atomic mass is 10.0. The molecule has 2 heterocycles. The number of anilines is 1. The molecule has 1 aromatic heterocycles. The summed E-state index contributed by atoms with van der Waals surface area (Å²) in [6, 6.07) is 9.22. The summed E-state index contributed by atoms with van der Waals surface area (Å²) in [4.78, 5) is -0.173. The molecule has 0 aliphatic carbocycles. The minimum absolute atomic E-state index is 0.115. The summed E-state index contributed by atoms with van der Waals surface area (Å²) in [6.45, 7) is 1.66. The number of hydrogen-bond acceptors (Lipinski definition) is 4. The van der Waals surface area contributed by atoms with Crippen LogP contribution in [0.4, 0.5) is 18.9 Å². The Morgan fingerprint density at radius 3 is 2.41 bits per heavy atom. The molecule has 2 N–H and O–H groups in total. The Morgan fingerprint density at radius 1 is 1.07 bits per heavy atom. The van der Waals surface area contributed by atoms with Crippen molar-refractivity contribution in [1.29, 1.82) is 0 Å². The van der Waals surface area contributed by atoms with E-state index in [4.69, 9.17) is 0 Å². The molecule has 9 heteroatoms. The summed E-state index contributed by atoms with van der Waals surface area (Å²) >= 11 is 0. The van der Waals surface area contributed by atoms with Crippen molar-refractivity contribution in [3.05, 3.63) is 60.0 Å². The standard InChI is InChI=1S/C20H20F3N3O2S/c21-13-4-6-15(7-5-13)29(27,28)26-12-16(20(22)23)19-17(2-1-3-18(19)26)25-14-8-10-24-11-9-14/h1-7,12,14,20,24-25H,8-11H2. The number of nitrogens with one attached hydrogen (secondary N) is 2. The highest BCUT2D eigenvalue weighted by Gasteiger charge is 2.26. The molecular weight excluding hydrogens is 403 g/mol. The maximum Gasteiger partial charge on any atom is 0.268 e. The SMILES string of the molecule is O=S(=O)(c1ccc(F)cc1)n1cc(C(F)F)c2c(NC3CCNCC3)cccc21. The summed E-state index contributed by atoms with van der Waals surface area (Å²) < 4.78 is 67.8. The zero-order chi connectivity index (χ0) is 20.6. The van der Waals surface area contributed by atoms with Gasteiger partial charge in [-0.05, 0) is 62.3 Å². The molecule has 0 saturated carbocycles. The van der Waals surface area contributed by atoms with E-state index in [1.807, 2.05) is 0 Å². The number of rotatable bonds is 5. The number of aromatic nitrogens is 1. The summed E-state index contributed by atoms with van der Waals surface area (Å²) in [5.74, 6) is -0.581. The normalized spacial score (nSPS) is 15.9. The van der Waals surface area contributed by atoms with E-state index >= 15 is 0 Å². The maximum atomic E-state index is 13.8. The number of fused-ring (bicyclic) bond motifs is 1. The Morgan fingerprint density at radius 2 is 1.76 bits per heavy atom. The molecule has 1 aliphatic rings. The van der Waals surface area contributed by atoms with Gasteiger partial charge in [0, 0.05) is 28.9 Å². The summed E-state index contributed by atoms with van der Waals surface area (Å²) in [5, 5.41) is 6.73.